The number of H-pyrrole nitrogens is 1. The number of phenolic OH excluding ortho intramolecular Hbond substituents is 2. The van der Waals surface area contributed by atoms with Crippen LogP contribution in [-0.4, -0.2) is 102 Å². The molecule has 1 aromatic heterocycles. The highest BCUT2D eigenvalue weighted by atomic mass is 16.6. The van der Waals surface area contributed by atoms with E-state index in [1.54, 1.807) is 13.2 Å². The molecule has 11 rings (SSSR count). The van der Waals surface area contributed by atoms with Gasteiger partial charge in [0.2, 0.25) is 0 Å². The number of ether oxygens (including phenoxy) is 4. The molecule has 6 aromatic rings. The fourth-order valence-electron chi connectivity index (χ4n) is 13.9. The van der Waals surface area contributed by atoms with Crippen molar-refractivity contribution in [3.05, 3.63) is 141 Å². The minimum atomic E-state index is -1.02. The van der Waals surface area contributed by atoms with Crippen molar-refractivity contribution in [2.24, 2.45) is 5.92 Å². The van der Waals surface area contributed by atoms with Gasteiger partial charge in [0.15, 0.2) is 17.6 Å². The van der Waals surface area contributed by atoms with Crippen molar-refractivity contribution < 1.29 is 39.4 Å². The molecule has 0 saturated heterocycles. The normalized spacial score (nSPS) is 22.4. The van der Waals surface area contributed by atoms with Crippen molar-refractivity contribution in [2.45, 2.75) is 139 Å². The molecule has 5 aromatic carbocycles. The number of aromatic nitrogens is 1. The minimum Gasteiger partial charge on any atom is -0.507 e. The van der Waals surface area contributed by atoms with Crippen LogP contribution in [0.1, 0.15) is 135 Å². The van der Waals surface area contributed by atoms with Crippen molar-refractivity contribution >= 4 is 17.0 Å². The summed E-state index contributed by atoms with van der Waals surface area (Å²) in [7, 11) is 1.56. The fourth-order valence-corrected chi connectivity index (χ4v) is 13.9. The van der Waals surface area contributed by atoms with E-state index < -0.39 is 23.4 Å². The lowest BCUT2D eigenvalue weighted by Gasteiger charge is -2.48. The Labute approximate surface area is 460 Å². The number of benzene rings is 5. The van der Waals surface area contributed by atoms with Crippen LogP contribution in [0, 0.1) is 5.92 Å². The maximum atomic E-state index is 12.0. The standard InChI is InChI=1S/C65H81N5O8/c1-40(2)32-64(3,74)36-67-38-68-37-65(76-39-70-46-15-9-6-10-16-46)33-53-50-31-52-58(43-17-22-54-42(28-43)25-27-69-54)45(34-66-26-11-14-41-12-7-5-8-13-41)29-51-55(72)24-21-48(59(51)52)60(50)62-49(20-19-47(35-71)77-62)61(53)78-63(65)44-18-23-56(73)57(30-44)75-4/h5,7-8,12-13,17-18,21-25,27-30,40,46-47,52,58,63,66-74H,6,9-11,14-16,19-20,26,31-39H2,1-4H3/t47-,52-,58+,63-,64+,65+/m1/s1. The van der Waals surface area contributed by atoms with Crippen LogP contribution < -0.4 is 35.5 Å². The van der Waals surface area contributed by atoms with Crippen LogP contribution >= 0.6 is 0 Å². The van der Waals surface area contributed by atoms with Crippen molar-refractivity contribution in [3.63, 3.8) is 0 Å². The number of nitrogens with one attached hydrogen (secondary N) is 5. The van der Waals surface area contributed by atoms with Crippen molar-refractivity contribution in [2.75, 3.05) is 53.3 Å². The number of phenols is 2. The van der Waals surface area contributed by atoms with Crippen LogP contribution in [-0.2, 0) is 30.4 Å². The maximum Gasteiger partial charge on any atom is 0.160 e. The predicted octanol–water partition coefficient (Wildman–Crippen LogP) is 10.2. The Morgan fingerprint density at radius 1 is 0.859 bits per heavy atom. The number of aryl methyl sites for hydroxylation is 1. The van der Waals surface area contributed by atoms with Gasteiger partial charge < -0.3 is 60.3 Å². The van der Waals surface area contributed by atoms with Crippen LogP contribution in [0.15, 0.2) is 96.7 Å². The molecule has 0 unspecified atom stereocenters. The van der Waals surface area contributed by atoms with Crippen LogP contribution in [0.5, 0.6) is 28.7 Å². The smallest absolute Gasteiger partial charge is 0.160 e. The number of aliphatic hydroxyl groups excluding tert-OH is 1. The van der Waals surface area contributed by atoms with Gasteiger partial charge in [-0.1, -0.05) is 81.6 Å². The summed E-state index contributed by atoms with van der Waals surface area (Å²) in [5.74, 6) is 2.34. The molecule has 1 fully saturated rings. The lowest BCUT2D eigenvalue weighted by atomic mass is 9.62. The van der Waals surface area contributed by atoms with Crippen molar-refractivity contribution in [1.82, 2.24) is 26.3 Å². The van der Waals surface area contributed by atoms with Crippen molar-refractivity contribution in [1.29, 1.82) is 0 Å². The predicted molar refractivity (Wildman–Crippen MR) is 308 cm³/mol. The SMILES string of the molecule is COc1cc([C@H]2Oc3c(c4c(c5c3CC[C@H](CO)O5)-c3ccc(O)c5c3[C@H](C4)[C@@H](c3ccc4[nH]ccc4c3)C(CNCCCc3ccccc3)=C5)C[C@@]2(CNCNC[C@@](C)(O)CC(C)C)OCNC2CCCCC2)ccc1O. The third-order valence-electron chi connectivity index (χ3n) is 17.4. The molecule has 0 amide bonds. The summed E-state index contributed by atoms with van der Waals surface area (Å²) in [6.07, 6.45) is 13.9. The van der Waals surface area contributed by atoms with Crippen LogP contribution in [0.3, 0.4) is 0 Å². The number of hydrogen-bond donors (Lipinski definition) is 9. The number of aromatic hydroxyl groups is 2. The first-order chi connectivity index (χ1) is 37.9. The van der Waals surface area contributed by atoms with E-state index in [1.165, 1.54) is 36.0 Å². The molecule has 1 saturated carbocycles. The van der Waals surface area contributed by atoms with Gasteiger partial charge in [-0.25, -0.2) is 0 Å². The van der Waals surface area contributed by atoms with Gasteiger partial charge in [0.1, 0.15) is 29.0 Å². The summed E-state index contributed by atoms with van der Waals surface area (Å²) in [4.78, 5) is 3.41. The number of rotatable bonds is 22. The third kappa shape index (κ3) is 11.2. The maximum absolute atomic E-state index is 12.0. The first-order valence-electron chi connectivity index (χ1n) is 28.8. The highest BCUT2D eigenvalue weighted by Crippen LogP contribution is 2.61. The minimum absolute atomic E-state index is 0.0335. The molecule has 3 aliphatic carbocycles. The van der Waals surface area contributed by atoms with E-state index in [0.29, 0.717) is 82.8 Å². The van der Waals surface area contributed by atoms with Gasteiger partial charge in [0, 0.05) is 78.7 Å². The molecule has 2 aliphatic heterocycles. The Morgan fingerprint density at radius 3 is 2.49 bits per heavy atom. The van der Waals surface area contributed by atoms with Gasteiger partial charge in [0.25, 0.3) is 0 Å². The Hall–Kier alpha value is -5.90. The summed E-state index contributed by atoms with van der Waals surface area (Å²) in [6.45, 7) is 9.02. The summed E-state index contributed by atoms with van der Waals surface area (Å²) in [5, 5.41) is 61.1. The topological polar surface area (TPSA) is 182 Å². The summed E-state index contributed by atoms with van der Waals surface area (Å²) < 4.78 is 27.9. The molecule has 13 heteroatoms. The molecule has 3 heterocycles. The van der Waals surface area contributed by atoms with Gasteiger partial charge in [-0.2, -0.15) is 0 Å². The fraction of sp³-hybridized carbons (Fsp3) is 0.477. The van der Waals surface area contributed by atoms with Crippen LogP contribution in [0.2, 0.25) is 0 Å². The summed E-state index contributed by atoms with van der Waals surface area (Å²) >= 11 is 0. The molecule has 0 spiro atoms. The van der Waals surface area contributed by atoms with E-state index in [9.17, 15) is 20.4 Å². The molecule has 78 heavy (non-hydrogen) atoms. The summed E-state index contributed by atoms with van der Waals surface area (Å²) in [5.41, 5.74) is 10.9. The van der Waals surface area contributed by atoms with Crippen LogP contribution in [0.4, 0.5) is 0 Å². The van der Waals surface area contributed by atoms with Crippen LogP contribution in [0.25, 0.3) is 28.1 Å². The second kappa shape index (κ2) is 23.4. The van der Waals surface area contributed by atoms with Gasteiger partial charge in [-0.05, 0) is 163 Å². The number of hydrogen-bond acceptors (Lipinski definition) is 12. The average Bonchev–Trinajstić information content (AvgIpc) is 3.48. The molecule has 13 nitrogen and oxygen atoms in total. The zero-order chi connectivity index (χ0) is 54.0. The van der Waals surface area contributed by atoms with Gasteiger partial charge in [-0.15, -0.1) is 0 Å². The molecule has 0 radical (unpaired) electrons. The first-order valence-corrected chi connectivity index (χ1v) is 28.8. The van der Waals surface area contributed by atoms with E-state index in [4.69, 9.17) is 18.9 Å². The molecule has 5 aliphatic rings. The number of methoxy groups -OCH3 is 1. The second-order valence-corrected chi connectivity index (χ2v) is 23.6. The monoisotopic (exact) mass is 1060 g/mol. The summed E-state index contributed by atoms with van der Waals surface area (Å²) in [6, 6.07) is 29.3. The van der Waals surface area contributed by atoms with Gasteiger partial charge >= 0.3 is 0 Å². The zero-order valence-corrected chi connectivity index (χ0v) is 46.1. The number of fused-ring (bicyclic) bond motifs is 8. The van der Waals surface area contributed by atoms with E-state index in [1.807, 2.05) is 31.3 Å². The van der Waals surface area contributed by atoms with E-state index >= 15 is 0 Å². The molecular weight excluding hydrogens is 979 g/mol. The Balaban J connectivity index is 1.04. The number of aliphatic hydroxyl groups is 2. The zero-order valence-electron chi connectivity index (χ0n) is 46.1. The molecule has 9 N–H and O–H groups in total. The molecule has 414 valence electrons. The Bertz CT molecular complexity index is 3090. The average molecular weight is 1060 g/mol. The highest BCUT2D eigenvalue weighted by Gasteiger charge is 2.51. The lowest BCUT2D eigenvalue weighted by Crippen LogP contribution is -2.56. The lowest BCUT2D eigenvalue weighted by molar-refractivity contribution is -0.132. The van der Waals surface area contributed by atoms with Gasteiger partial charge in [0.05, 0.1) is 26.0 Å². The first kappa shape index (κ1) is 54.1. The van der Waals surface area contributed by atoms with Crippen molar-refractivity contribution in [3.8, 4) is 39.9 Å². The van der Waals surface area contributed by atoms with E-state index in [-0.39, 0.29) is 29.9 Å². The Kier molecular flexibility index (Phi) is 16.2. The quantitative estimate of drug-likeness (QED) is 0.0232. The Morgan fingerprint density at radius 2 is 1.68 bits per heavy atom. The largest absolute Gasteiger partial charge is 0.507 e. The van der Waals surface area contributed by atoms with E-state index in [0.717, 1.165) is 99.1 Å². The third-order valence-corrected chi connectivity index (χ3v) is 17.4. The second-order valence-electron chi connectivity index (χ2n) is 23.6. The number of aromatic amines is 1. The van der Waals surface area contributed by atoms with E-state index in [2.05, 4.69) is 107 Å². The van der Waals surface area contributed by atoms with Gasteiger partial charge in [-0.3, -0.25) is 5.32 Å². The molecule has 6 atom stereocenters. The molecule has 0 bridgehead atoms. The highest BCUT2D eigenvalue weighted by molar-refractivity contribution is 5.90. The molecular formula is C65H81N5O8.